The Morgan fingerprint density at radius 3 is 2.65 bits per heavy atom. The molecule has 1 N–H and O–H groups in total. The van der Waals surface area contributed by atoms with Gasteiger partial charge in [0.15, 0.2) is 0 Å². The summed E-state index contributed by atoms with van der Waals surface area (Å²) in [4.78, 5) is 37.5. The fraction of sp³-hybridized carbons (Fsp3) is 0.364. The number of nitrogens with zero attached hydrogens (tertiary/aromatic N) is 2. The Morgan fingerprint density at radius 1 is 1.29 bits per heavy atom. The number of aryl methyl sites for hydroxylation is 1. The Kier molecular flexibility index (Phi) is 6.55. The van der Waals surface area contributed by atoms with E-state index >= 15 is 0 Å². The van der Waals surface area contributed by atoms with Gasteiger partial charge in [-0.3, -0.25) is 19.7 Å². The number of nitro benzene ring substituents is 1. The average Bonchev–Trinajstić information content (AvgIpc) is 3.26. The summed E-state index contributed by atoms with van der Waals surface area (Å²) in [5.74, 6) is -1.21. The van der Waals surface area contributed by atoms with E-state index in [0.717, 1.165) is 6.07 Å². The average molecular weight is 428 g/mol. The zero-order chi connectivity index (χ0) is 22.7. The number of aliphatic hydroxyl groups is 1. The van der Waals surface area contributed by atoms with Crippen LogP contribution in [0.25, 0.3) is 5.76 Å². The Bertz CT molecular complexity index is 1040. The van der Waals surface area contributed by atoms with E-state index in [4.69, 9.17) is 9.15 Å². The van der Waals surface area contributed by atoms with Crippen LogP contribution in [0.3, 0.4) is 0 Å². The second kappa shape index (κ2) is 9.13. The van der Waals surface area contributed by atoms with Crippen LogP contribution in [0.4, 0.5) is 5.69 Å². The van der Waals surface area contributed by atoms with Gasteiger partial charge < -0.3 is 19.2 Å². The van der Waals surface area contributed by atoms with Crippen LogP contribution in [0.1, 0.15) is 43.4 Å². The molecule has 1 fully saturated rings. The lowest BCUT2D eigenvalue weighted by Crippen LogP contribution is -2.31. The maximum Gasteiger partial charge on any atom is 0.295 e. The largest absolute Gasteiger partial charge is 0.507 e. The molecule has 9 nitrogen and oxygen atoms in total. The number of ether oxygens (including phenoxy) is 1. The fourth-order valence-electron chi connectivity index (χ4n) is 3.48. The first-order valence-electron chi connectivity index (χ1n) is 9.92. The van der Waals surface area contributed by atoms with Gasteiger partial charge in [0.25, 0.3) is 17.4 Å². The normalized spacial score (nSPS) is 18.2. The van der Waals surface area contributed by atoms with Gasteiger partial charge in [-0.25, -0.2) is 0 Å². The van der Waals surface area contributed by atoms with Gasteiger partial charge in [0.05, 0.1) is 16.6 Å². The lowest BCUT2D eigenvalue weighted by atomic mass is 9.99. The van der Waals surface area contributed by atoms with Crippen molar-refractivity contribution < 1.29 is 28.8 Å². The highest BCUT2D eigenvalue weighted by molar-refractivity contribution is 6.46. The van der Waals surface area contributed by atoms with E-state index in [2.05, 4.69) is 0 Å². The highest BCUT2D eigenvalue weighted by Crippen LogP contribution is 2.40. The van der Waals surface area contributed by atoms with Crippen LogP contribution < -0.4 is 0 Å². The summed E-state index contributed by atoms with van der Waals surface area (Å²) in [5.41, 5.74) is -0.331. The summed E-state index contributed by atoms with van der Waals surface area (Å²) in [6, 6.07) is 7.68. The molecule has 1 aromatic heterocycles. The van der Waals surface area contributed by atoms with Gasteiger partial charge in [0.2, 0.25) is 0 Å². The Labute approximate surface area is 179 Å². The van der Waals surface area contributed by atoms with E-state index in [0.29, 0.717) is 24.5 Å². The molecule has 0 aliphatic carbocycles. The number of carbonyl (C=O) groups is 2. The second-order valence-electron chi connectivity index (χ2n) is 7.52. The monoisotopic (exact) mass is 428 g/mol. The lowest BCUT2D eigenvalue weighted by molar-refractivity contribution is -0.384. The first-order chi connectivity index (χ1) is 14.7. The molecule has 1 amide bonds. The number of amides is 1. The molecule has 1 aliphatic rings. The number of likely N-dealkylation sites (tertiary alicyclic amines) is 1. The maximum absolute atomic E-state index is 12.9. The summed E-state index contributed by atoms with van der Waals surface area (Å²) < 4.78 is 11.2. The predicted molar refractivity (Wildman–Crippen MR) is 111 cm³/mol. The zero-order valence-corrected chi connectivity index (χ0v) is 17.5. The number of hydrogen-bond acceptors (Lipinski definition) is 7. The molecule has 9 heteroatoms. The van der Waals surface area contributed by atoms with Gasteiger partial charge in [-0.2, -0.15) is 0 Å². The molecule has 31 heavy (non-hydrogen) atoms. The Morgan fingerprint density at radius 2 is 2.03 bits per heavy atom. The molecule has 1 unspecified atom stereocenters. The number of non-ortho nitro benzene ring substituents is 1. The van der Waals surface area contributed by atoms with E-state index < -0.39 is 28.4 Å². The summed E-state index contributed by atoms with van der Waals surface area (Å²) in [6.07, 6.45) is 0.519. The zero-order valence-electron chi connectivity index (χ0n) is 17.5. The van der Waals surface area contributed by atoms with E-state index in [1.807, 2.05) is 13.8 Å². The number of benzene rings is 1. The van der Waals surface area contributed by atoms with E-state index in [1.54, 1.807) is 19.1 Å². The minimum Gasteiger partial charge on any atom is -0.507 e. The van der Waals surface area contributed by atoms with Crippen molar-refractivity contribution >= 4 is 23.1 Å². The number of aliphatic hydroxyl groups excluding tert-OH is 1. The molecule has 0 radical (unpaired) electrons. The molecule has 1 saturated heterocycles. The molecule has 0 saturated carbocycles. The number of ketones is 1. The maximum atomic E-state index is 12.9. The first-order valence-corrected chi connectivity index (χ1v) is 9.92. The summed E-state index contributed by atoms with van der Waals surface area (Å²) in [5, 5.41) is 22.0. The van der Waals surface area contributed by atoms with Crippen molar-refractivity contribution in [2.45, 2.75) is 39.3 Å². The lowest BCUT2D eigenvalue weighted by Gasteiger charge is -2.23. The van der Waals surface area contributed by atoms with E-state index in [9.17, 15) is 24.8 Å². The van der Waals surface area contributed by atoms with Crippen molar-refractivity contribution in [1.82, 2.24) is 4.90 Å². The van der Waals surface area contributed by atoms with Gasteiger partial charge in [-0.1, -0.05) is 12.1 Å². The van der Waals surface area contributed by atoms with E-state index in [1.165, 1.54) is 23.1 Å². The van der Waals surface area contributed by atoms with Crippen molar-refractivity contribution in [3.63, 3.8) is 0 Å². The number of carbonyl (C=O) groups excluding carboxylic acids is 2. The van der Waals surface area contributed by atoms with Crippen molar-refractivity contribution in [1.29, 1.82) is 0 Å². The SMILES string of the molecule is Cc1ccc(C2/C(=C(/O)c3cccc([N+](=O)[O-])c3)C(=O)C(=O)N2CCCOC(C)C)o1. The fourth-order valence-corrected chi connectivity index (χ4v) is 3.48. The molecule has 3 rings (SSSR count). The molecule has 2 aromatic rings. The number of hydrogen-bond donors (Lipinski definition) is 1. The molecule has 2 heterocycles. The number of nitro groups is 1. The minimum atomic E-state index is -0.938. The van der Waals surface area contributed by atoms with Gasteiger partial charge in [0, 0.05) is 30.8 Å². The van der Waals surface area contributed by atoms with Gasteiger partial charge in [-0.05, 0) is 39.3 Å². The third-order valence-corrected chi connectivity index (χ3v) is 4.90. The minimum absolute atomic E-state index is 0.0350. The third kappa shape index (κ3) is 4.66. The molecule has 164 valence electrons. The van der Waals surface area contributed by atoms with Crippen molar-refractivity contribution in [3.8, 4) is 0 Å². The molecule has 1 aliphatic heterocycles. The third-order valence-electron chi connectivity index (χ3n) is 4.90. The number of furan rings is 1. The highest BCUT2D eigenvalue weighted by Gasteiger charge is 2.47. The molecular formula is C22H24N2O7. The van der Waals surface area contributed by atoms with Crippen LogP contribution in [0.2, 0.25) is 0 Å². The Hall–Kier alpha value is -3.46. The van der Waals surface area contributed by atoms with Crippen LogP contribution in [-0.4, -0.2) is 45.9 Å². The van der Waals surface area contributed by atoms with Crippen LogP contribution in [0.5, 0.6) is 0 Å². The standard InChI is InChI=1S/C22H24N2O7/c1-13(2)30-11-5-10-23-19(17-9-8-14(3)31-17)18(21(26)22(23)27)20(25)15-6-4-7-16(12-15)24(28)29/h4,6-9,12-13,19,25H,5,10-11H2,1-3H3/b20-18-. The highest BCUT2D eigenvalue weighted by atomic mass is 16.6. The van der Waals surface area contributed by atoms with Gasteiger partial charge in [-0.15, -0.1) is 0 Å². The smallest absolute Gasteiger partial charge is 0.295 e. The van der Waals surface area contributed by atoms with Crippen LogP contribution in [0, 0.1) is 17.0 Å². The van der Waals surface area contributed by atoms with Crippen molar-refractivity contribution in [3.05, 3.63) is 69.2 Å². The molecule has 1 atom stereocenters. The quantitative estimate of drug-likeness (QED) is 0.170. The second-order valence-corrected chi connectivity index (χ2v) is 7.52. The Balaban J connectivity index is 2.03. The van der Waals surface area contributed by atoms with Gasteiger partial charge in [0.1, 0.15) is 23.3 Å². The molecular weight excluding hydrogens is 404 g/mol. The van der Waals surface area contributed by atoms with Crippen LogP contribution in [-0.2, 0) is 14.3 Å². The first kappa shape index (κ1) is 22.2. The topological polar surface area (TPSA) is 123 Å². The molecule has 0 bridgehead atoms. The van der Waals surface area contributed by atoms with Crippen molar-refractivity contribution in [2.24, 2.45) is 0 Å². The van der Waals surface area contributed by atoms with Crippen LogP contribution >= 0.6 is 0 Å². The van der Waals surface area contributed by atoms with Gasteiger partial charge >= 0.3 is 0 Å². The molecule has 1 aromatic carbocycles. The predicted octanol–water partition coefficient (Wildman–Crippen LogP) is 3.73. The summed E-state index contributed by atoms with van der Waals surface area (Å²) in [6.45, 7) is 6.14. The summed E-state index contributed by atoms with van der Waals surface area (Å²) in [7, 11) is 0. The number of Topliss-reactive ketones (excluding diaryl/α,β-unsaturated/α-hetero) is 1. The van der Waals surface area contributed by atoms with E-state index in [-0.39, 0.29) is 29.5 Å². The number of rotatable bonds is 8. The molecule has 0 spiro atoms. The van der Waals surface area contributed by atoms with Crippen LogP contribution in [0.15, 0.2) is 46.4 Å². The van der Waals surface area contributed by atoms with Crippen molar-refractivity contribution in [2.75, 3.05) is 13.2 Å². The summed E-state index contributed by atoms with van der Waals surface area (Å²) >= 11 is 0.